The Morgan fingerprint density at radius 2 is 0.401 bits per heavy atom. The molecule has 18 rings (SSSR count). The number of hydrogen-bond donors (Lipinski definition) is 0. The van der Waals surface area contributed by atoms with Crippen LogP contribution in [0.25, 0.3) is 123 Å². The minimum absolute atomic E-state index is 0. The van der Waals surface area contributed by atoms with Crippen molar-refractivity contribution in [3.05, 3.63) is 406 Å². The van der Waals surface area contributed by atoms with Gasteiger partial charge in [0.25, 0.3) is 0 Å². The minimum Gasteiger partial charge on any atom is -0.357 e. The van der Waals surface area contributed by atoms with E-state index in [0.29, 0.717) is 11.4 Å². The predicted molar refractivity (Wildman–Crippen MR) is 586 cm³/mol. The maximum absolute atomic E-state index is 5.31. The molecule has 0 radical (unpaired) electrons. The number of pyridine rings is 6. The SMILES string of the molecule is CC(C)(C)c1ccnc(-c2[c-]cc(-c3cc(C(C)(C)C)ccc3C3CC(c4ccccc4-c4c[c-]c(-c5[c-]cc(-c6ccccc6C6CC(c7ccc(C(C)(C)C)cc7-c7c[c-]c(-c8cc(C(C)(C)C)ccn8)cc7)CC(c7ccc(C(C)(C)C)cc7-c7c[c-]c(-c8cc(C(C)(C)C)ccn8)cc7)C6)cn5)nc4)CC(c4ccc(C(C)(C)C)cc4-c4c[c-]c(-c5cc(C(C)(C)C)ccn5)cc4)C3)cc2)c1.[Ir+3].[Ir+3]. The van der Waals surface area contributed by atoms with Crippen LogP contribution in [0.4, 0.5) is 0 Å². The standard InChI is InChI=1S/C134H138N6.2Ir/c1-127(2,3)101-51-55-113(117(75-101)85-33-41-89(42-34-85)123-79-105(61-65-135-123)131(13,14)15)97-69-95(70-98(73-97)114-56-52-102(128(4,5)6)76-118(114)86-35-43-90(44-36-86)124-80-106(62-66-136-124)132(16,17)18)111-31-27-25-29-109(111)93-49-59-121(139-83-93)122-60-50-94(84-140-122)110-30-26-28-32-112(110)96-71-99(115-57-53-103(129(7,8)9)77-119(115)87-37-45-91(46-38-87)125-81-107(63-67-137-125)133(19,20)21)74-100(72-96)116-58-54-104(130(10,11)12)78-120(116)88-39-47-92(48-40-88)126-82-108(64-68-138-126)134(22,23)24;;/h25-41,43,45,47,49-58,61-68,75-84,95-100H,69-74H2,1-24H3;;/q-6;2*+3. The van der Waals surface area contributed by atoms with Crippen molar-refractivity contribution in [2.45, 2.75) is 284 Å². The van der Waals surface area contributed by atoms with Crippen LogP contribution in [0.3, 0.4) is 0 Å². The number of aromatic nitrogens is 6. The summed E-state index contributed by atoms with van der Waals surface area (Å²) in [4.78, 5) is 30.2. The van der Waals surface area contributed by atoms with E-state index in [0.717, 1.165) is 117 Å². The Morgan fingerprint density at radius 3 is 0.599 bits per heavy atom. The molecule has 8 heteroatoms. The first-order valence-electron chi connectivity index (χ1n) is 50.9. The predicted octanol–water partition coefficient (Wildman–Crippen LogP) is 35.2. The molecule has 2 aliphatic carbocycles. The van der Waals surface area contributed by atoms with E-state index in [9.17, 15) is 0 Å². The van der Waals surface area contributed by atoms with Crippen molar-refractivity contribution in [2.75, 3.05) is 0 Å². The van der Waals surface area contributed by atoms with Gasteiger partial charge in [-0.1, -0.05) is 379 Å². The maximum Gasteiger partial charge on any atom is 3.00 e. The third-order valence-corrected chi connectivity index (χ3v) is 30.0. The molecule has 2 aliphatic rings. The monoisotopic (exact) mass is 2220 g/mol. The van der Waals surface area contributed by atoms with Gasteiger partial charge in [0.2, 0.25) is 0 Å². The van der Waals surface area contributed by atoms with Gasteiger partial charge in [0.1, 0.15) is 0 Å². The summed E-state index contributed by atoms with van der Waals surface area (Å²) in [5, 5.41) is 0. The van der Waals surface area contributed by atoms with Crippen LogP contribution in [0.2, 0.25) is 0 Å². The zero-order chi connectivity index (χ0) is 98.9. The first-order chi connectivity index (χ1) is 66.4. The Labute approximate surface area is 876 Å². The van der Waals surface area contributed by atoms with Gasteiger partial charge < -0.3 is 29.9 Å². The van der Waals surface area contributed by atoms with Crippen LogP contribution < -0.4 is 0 Å². The van der Waals surface area contributed by atoms with Gasteiger partial charge >= 0.3 is 40.2 Å². The molecule has 10 aromatic carbocycles. The van der Waals surface area contributed by atoms with Gasteiger partial charge in [-0.05, 0) is 255 Å². The van der Waals surface area contributed by atoms with E-state index < -0.39 is 0 Å². The summed E-state index contributed by atoms with van der Waals surface area (Å²) in [5.41, 5.74) is 41.0. The Morgan fingerprint density at radius 1 is 0.197 bits per heavy atom. The molecular weight excluding hydrogens is 2080 g/mol. The molecule has 0 N–H and O–H groups in total. The quantitative estimate of drug-likeness (QED) is 0.0846. The van der Waals surface area contributed by atoms with E-state index >= 15 is 0 Å². The summed E-state index contributed by atoms with van der Waals surface area (Å²) in [7, 11) is 0. The van der Waals surface area contributed by atoms with Crippen molar-refractivity contribution in [1.82, 2.24) is 29.9 Å². The summed E-state index contributed by atoms with van der Waals surface area (Å²) >= 11 is 0. The Bertz CT molecular complexity index is 6400. The van der Waals surface area contributed by atoms with Gasteiger partial charge in [0, 0.05) is 24.8 Å². The van der Waals surface area contributed by atoms with E-state index in [1.54, 1.807) is 0 Å². The molecular formula is C134H138Ir2N6. The molecule has 2 saturated carbocycles. The zero-order valence-electron chi connectivity index (χ0n) is 87.8. The molecule has 4 atom stereocenters. The molecule has 722 valence electrons. The normalized spacial score (nSPS) is 16.7. The summed E-state index contributed by atoms with van der Waals surface area (Å²) in [5.74, 6) is 0.999. The smallest absolute Gasteiger partial charge is 0.357 e. The van der Waals surface area contributed by atoms with Crippen molar-refractivity contribution in [2.24, 2.45) is 0 Å². The van der Waals surface area contributed by atoms with Gasteiger partial charge in [-0.2, -0.15) is 12.1 Å². The second kappa shape index (κ2) is 40.9. The van der Waals surface area contributed by atoms with Gasteiger partial charge in [-0.3, -0.25) is 0 Å². The maximum atomic E-state index is 5.31. The van der Waals surface area contributed by atoms with E-state index in [4.69, 9.17) is 29.9 Å². The second-order valence-corrected chi connectivity index (χ2v) is 48.4. The fraction of sp³-hybridized carbons (Fsp3) is 0.328. The van der Waals surface area contributed by atoms with Crippen molar-refractivity contribution in [1.29, 1.82) is 0 Å². The number of benzene rings is 10. The molecule has 142 heavy (non-hydrogen) atoms. The van der Waals surface area contributed by atoms with Gasteiger partial charge in [-0.15, -0.1) is 131 Å². The Balaban J connectivity index is 0.00000725. The summed E-state index contributed by atoms with van der Waals surface area (Å²) in [6.07, 6.45) is 17.6. The van der Waals surface area contributed by atoms with E-state index in [-0.39, 0.29) is 119 Å². The van der Waals surface area contributed by atoms with Crippen molar-refractivity contribution in [3.63, 3.8) is 0 Å². The molecule has 0 bridgehead atoms. The molecule has 0 amide bonds. The average Bonchev–Trinajstić information content (AvgIpc) is 0.757. The Hall–Kier alpha value is -11.6. The summed E-state index contributed by atoms with van der Waals surface area (Å²) in [6, 6.07) is 119. The fourth-order valence-corrected chi connectivity index (χ4v) is 21.4. The van der Waals surface area contributed by atoms with E-state index in [2.05, 4.69) is 457 Å². The van der Waals surface area contributed by atoms with Crippen molar-refractivity contribution in [3.8, 4) is 123 Å². The van der Waals surface area contributed by atoms with Crippen LogP contribution in [0.15, 0.2) is 292 Å². The molecule has 6 heterocycles. The third kappa shape index (κ3) is 22.8. The van der Waals surface area contributed by atoms with Gasteiger partial charge in [0.05, 0.1) is 0 Å². The largest absolute Gasteiger partial charge is 3.00 e. The Kier molecular flexibility index (Phi) is 29.7. The summed E-state index contributed by atoms with van der Waals surface area (Å²) < 4.78 is 0. The molecule has 0 aliphatic heterocycles. The molecule has 0 spiro atoms. The van der Waals surface area contributed by atoms with Crippen LogP contribution >= 0.6 is 0 Å². The number of rotatable bonds is 17. The molecule has 6 nitrogen and oxygen atoms in total. The molecule has 16 aromatic rings. The van der Waals surface area contributed by atoms with Crippen molar-refractivity contribution >= 4 is 0 Å². The number of hydrogen-bond acceptors (Lipinski definition) is 6. The van der Waals surface area contributed by atoms with Gasteiger partial charge in [-0.25, -0.2) is 12.1 Å². The fourth-order valence-electron chi connectivity index (χ4n) is 21.4. The molecule has 4 unspecified atom stereocenters. The summed E-state index contributed by atoms with van der Waals surface area (Å²) in [6.45, 7) is 55.1. The van der Waals surface area contributed by atoms with Crippen molar-refractivity contribution < 1.29 is 40.2 Å². The van der Waals surface area contributed by atoms with Crippen LogP contribution in [0, 0.1) is 36.4 Å². The molecule has 0 saturated heterocycles. The van der Waals surface area contributed by atoms with Crippen LogP contribution in [-0.2, 0) is 83.5 Å². The second-order valence-electron chi connectivity index (χ2n) is 48.4. The van der Waals surface area contributed by atoms with Gasteiger partial charge in [0.15, 0.2) is 0 Å². The third-order valence-electron chi connectivity index (χ3n) is 30.0. The minimum atomic E-state index is -0.0911. The first-order valence-corrected chi connectivity index (χ1v) is 50.9. The van der Waals surface area contributed by atoms with Crippen LogP contribution in [0.1, 0.15) is 318 Å². The van der Waals surface area contributed by atoms with E-state index in [1.165, 1.54) is 111 Å². The first kappa shape index (κ1) is 103. The van der Waals surface area contributed by atoms with Crippen LogP contribution in [0.5, 0.6) is 0 Å². The topological polar surface area (TPSA) is 77.3 Å². The van der Waals surface area contributed by atoms with Crippen LogP contribution in [-0.4, -0.2) is 29.9 Å². The average molecular weight is 2220 g/mol. The zero-order valence-corrected chi connectivity index (χ0v) is 92.6. The molecule has 2 fully saturated rings. The number of nitrogens with zero attached hydrogens (tertiary/aromatic N) is 6. The molecule has 6 aromatic heterocycles. The van der Waals surface area contributed by atoms with E-state index in [1.807, 2.05) is 37.2 Å².